The number of pyridine rings is 1. The fourth-order valence-electron chi connectivity index (χ4n) is 4.59. The molecule has 0 spiro atoms. The van der Waals surface area contributed by atoms with Crippen LogP contribution in [0.2, 0.25) is 0 Å². The monoisotopic (exact) mass is 403 g/mol. The van der Waals surface area contributed by atoms with E-state index in [0.29, 0.717) is 31.3 Å². The summed E-state index contributed by atoms with van der Waals surface area (Å²) in [4.78, 5) is 25.6. The van der Waals surface area contributed by atoms with Gasteiger partial charge in [-0.25, -0.2) is 4.68 Å². The molecule has 1 amide bonds. The molecule has 7 heteroatoms. The molecule has 2 bridgehead atoms. The van der Waals surface area contributed by atoms with Crippen LogP contribution in [-0.2, 0) is 13.0 Å². The zero-order valence-electron chi connectivity index (χ0n) is 16.8. The molecule has 3 aromatic rings. The summed E-state index contributed by atoms with van der Waals surface area (Å²) in [7, 11) is 0. The number of nitrogens with one attached hydrogen (secondary N) is 2. The molecule has 1 fully saturated rings. The van der Waals surface area contributed by atoms with E-state index in [9.17, 15) is 9.59 Å². The van der Waals surface area contributed by atoms with Gasteiger partial charge in [-0.1, -0.05) is 18.2 Å². The maximum atomic E-state index is 12.9. The number of benzene rings is 1. The number of para-hydroxylation sites is 1. The Labute approximate surface area is 174 Å². The molecule has 2 atom stereocenters. The Bertz CT molecular complexity index is 1120. The summed E-state index contributed by atoms with van der Waals surface area (Å²) >= 11 is 0. The van der Waals surface area contributed by atoms with Crippen molar-refractivity contribution in [2.75, 3.05) is 19.6 Å². The standard InChI is InChI=1S/C23H25N5O2/c29-22(25-9-8-16-12-26-28(15-16)19-4-2-1-3-5-19)20-6-7-21-18-10-17(11-24-13-18)14-27(21)23(20)30/h1-7,12,15,17-18,24H,8-11,13-14H2,(H,25,29)/t17-,18+/m0/s1. The van der Waals surface area contributed by atoms with Gasteiger partial charge in [0.25, 0.3) is 11.5 Å². The van der Waals surface area contributed by atoms with Gasteiger partial charge < -0.3 is 15.2 Å². The fourth-order valence-corrected chi connectivity index (χ4v) is 4.59. The molecule has 154 valence electrons. The van der Waals surface area contributed by atoms with Crippen LogP contribution in [0.3, 0.4) is 0 Å². The van der Waals surface area contributed by atoms with E-state index >= 15 is 0 Å². The van der Waals surface area contributed by atoms with Crippen LogP contribution in [-0.4, -0.2) is 39.9 Å². The van der Waals surface area contributed by atoms with Gasteiger partial charge in [0.2, 0.25) is 0 Å². The first-order valence-electron chi connectivity index (χ1n) is 10.5. The minimum absolute atomic E-state index is 0.168. The first-order chi connectivity index (χ1) is 14.7. The number of amides is 1. The number of fused-ring (bicyclic) bond motifs is 4. The van der Waals surface area contributed by atoms with Crippen LogP contribution in [0.5, 0.6) is 0 Å². The van der Waals surface area contributed by atoms with E-state index in [0.717, 1.165) is 36.5 Å². The van der Waals surface area contributed by atoms with Crippen molar-refractivity contribution >= 4 is 5.91 Å². The van der Waals surface area contributed by atoms with Crippen LogP contribution in [0.25, 0.3) is 5.69 Å². The van der Waals surface area contributed by atoms with Crippen molar-refractivity contribution in [2.45, 2.75) is 25.3 Å². The topological polar surface area (TPSA) is 81.0 Å². The molecule has 2 aliphatic rings. The van der Waals surface area contributed by atoms with E-state index < -0.39 is 0 Å². The smallest absolute Gasteiger partial charge is 0.263 e. The quantitative estimate of drug-likeness (QED) is 0.680. The van der Waals surface area contributed by atoms with Crippen molar-refractivity contribution < 1.29 is 4.79 Å². The van der Waals surface area contributed by atoms with Gasteiger partial charge in [0.1, 0.15) is 5.56 Å². The molecule has 7 nitrogen and oxygen atoms in total. The summed E-state index contributed by atoms with van der Waals surface area (Å²) in [6.45, 7) is 2.99. The third-order valence-corrected chi connectivity index (χ3v) is 6.11. The Kier molecular flexibility index (Phi) is 4.96. The van der Waals surface area contributed by atoms with Crippen molar-refractivity contribution in [3.05, 3.63) is 82.0 Å². The van der Waals surface area contributed by atoms with Crippen molar-refractivity contribution in [1.29, 1.82) is 0 Å². The first kappa shape index (κ1) is 18.8. The highest BCUT2D eigenvalue weighted by Gasteiger charge is 2.31. The first-order valence-corrected chi connectivity index (χ1v) is 10.5. The van der Waals surface area contributed by atoms with Gasteiger partial charge in [0.05, 0.1) is 11.9 Å². The lowest BCUT2D eigenvalue weighted by atomic mass is 9.84. The Balaban J connectivity index is 1.24. The molecule has 2 N–H and O–H groups in total. The lowest BCUT2D eigenvalue weighted by Crippen LogP contribution is -2.46. The molecule has 2 aromatic heterocycles. The predicted molar refractivity (Wildman–Crippen MR) is 114 cm³/mol. The Morgan fingerprint density at radius 3 is 2.90 bits per heavy atom. The zero-order chi connectivity index (χ0) is 20.5. The minimum atomic E-state index is -0.306. The molecule has 0 saturated carbocycles. The summed E-state index contributed by atoms with van der Waals surface area (Å²) in [5.41, 5.74) is 3.13. The van der Waals surface area contributed by atoms with Gasteiger partial charge in [-0.3, -0.25) is 9.59 Å². The number of carbonyl (C=O) groups excluding carboxylic acids is 1. The second-order valence-electron chi connectivity index (χ2n) is 8.18. The molecule has 1 saturated heterocycles. The van der Waals surface area contributed by atoms with Gasteiger partial charge in [-0.15, -0.1) is 0 Å². The highest BCUT2D eigenvalue weighted by molar-refractivity contribution is 5.93. The fraction of sp³-hybridized carbons (Fsp3) is 0.348. The Morgan fingerprint density at radius 1 is 1.17 bits per heavy atom. The van der Waals surface area contributed by atoms with E-state index in [-0.39, 0.29) is 17.0 Å². The summed E-state index contributed by atoms with van der Waals surface area (Å²) < 4.78 is 3.64. The number of piperidine rings is 1. The molecular formula is C23H25N5O2. The van der Waals surface area contributed by atoms with Crippen LogP contribution in [0.4, 0.5) is 0 Å². The summed E-state index contributed by atoms with van der Waals surface area (Å²) in [6, 6.07) is 13.5. The van der Waals surface area contributed by atoms with Crippen LogP contribution >= 0.6 is 0 Å². The van der Waals surface area contributed by atoms with Crippen LogP contribution in [0.1, 0.15) is 34.0 Å². The molecule has 1 aromatic carbocycles. The highest BCUT2D eigenvalue weighted by atomic mass is 16.2. The second-order valence-corrected chi connectivity index (χ2v) is 8.18. The average molecular weight is 403 g/mol. The SMILES string of the molecule is O=C(NCCc1cnn(-c2ccccc2)c1)c1ccc2n(c1=O)C[C@@H]1CNC[C@H]2C1. The van der Waals surface area contributed by atoms with Crippen molar-refractivity contribution in [1.82, 2.24) is 25.0 Å². The number of rotatable bonds is 5. The maximum absolute atomic E-state index is 12.9. The van der Waals surface area contributed by atoms with Crippen LogP contribution in [0, 0.1) is 5.92 Å². The normalized spacial score (nSPS) is 19.9. The average Bonchev–Trinajstić information content (AvgIpc) is 3.24. The van der Waals surface area contributed by atoms with Crippen molar-refractivity contribution in [3.63, 3.8) is 0 Å². The second kappa shape index (κ2) is 7.91. The zero-order valence-corrected chi connectivity index (χ0v) is 16.8. The lowest BCUT2D eigenvalue weighted by molar-refractivity contribution is 0.0951. The summed E-state index contributed by atoms with van der Waals surface area (Å²) in [5, 5.41) is 10.7. The van der Waals surface area contributed by atoms with Crippen molar-refractivity contribution in [3.8, 4) is 5.69 Å². The Hall–Kier alpha value is -3.19. The molecule has 0 radical (unpaired) electrons. The van der Waals surface area contributed by atoms with Gasteiger partial charge >= 0.3 is 0 Å². The van der Waals surface area contributed by atoms with E-state index in [1.54, 1.807) is 12.3 Å². The molecular weight excluding hydrogens is 378 g/mol. The number of carbonyl (C=O) groups is 1. The van der Waals surface area contributed by atoms with E-state index in [1.165, 1.54) is 0 Å². The van der Waals surface area contributed by atoms with E-state index in [4.69, 9.17) is 0 Å². The van der Waals surface area contributed by atoms with Crippen LogP contribution in [0.15, 0.2) is 59.7 Å². The molecule has 0 unspecified atom stereocenters. The molecule has 2 aliphatic heterocycles. The maximum Gasteiger partial charge on any atom is 0.263 e. The molecule has 4 heterocycles. The van der Waals surface area contributed by atoms with Gasteiger partial charge in [-0.2, -0.15) is 5.10 Å². The third kappa shape index (κ3) is 3.57. The lowest BCUT2D eigenvalue weighted by Gasteiger charge is -2.37. The number of hydrogen-bond acceptors (Lipinski definition) is 4. The molecule has 0 aliphatic carbocycles. The Morgan fingerprint density at radius 2 is 2.03 bits per heavy atom. The van der Waals surface area contributed by atoms with Crippen molar-refractivity contribution in [2.24, 2.45) is 5.92 Å². The number of hydrogen-bond donors (Lipinski definition) is 2. The number of aromatic nitrogens is 3. The summed E-state index contributed by atoms with van der Waals surface area (Å²) in [5.74, 6) is 0.525. The molecule has 30 heavy (non-hydrogen) atoms. The van der Waals surface area contributed by atoms with Gasteiger partial charge in [0.15, 0.2) is 0 Å². The largest absolute Gasteiger partial charge is 0.352 e. The van der Waals surface area contributed by atoms with Crippen LogP contribution < -0.4 is 16.2 Å². The highest BCUT2D eigenvalue weighted by Crippen LogP contribution is 2.31. The van der Waals surface area contributed by atoms with E-state index in [2.05, 4.69) is 15.7 Å². The molecule has 5 rings (SSSR count). The van der Waals surface area contributed by atoms with E-state index in [1.807, 2.05) is 51.8 Å². The summed E-state index contributed by atoms with van der Waals surface area (Å²) in [6.07, 6.45) is 5.54. The minimum Gasteiger partial charge on any atom is -0.352 e. The predicted octanol–water partition coefficient (Wildman–Crippen LogP) is 1.71. The number of nitrogens with zero attached hydrogens (tertiary/aromatic N) is 3. The van der Waals surface area contributed by atoms with Gasteiger partial charge in [-0.05, 0) is 55.1 Å². The van der Waals surface area contributed by atoms with Gasteiger partial charge in [0, 0.05) is 37.4 Å². The third-order valence-electron chi connectivity index (χ3n) is 6.11.